The van der Waals surface area contributed by atoms with Crippen LogP contribution in [-0.4, -0.2) is 29.4 Å². The minimum absolute atomic E-state index is 0.138. The molecule has 0 unspecified atom stereocenters. The van der Waals surface area contributed by atoms with Crippen molar-refractivity contribution in [3.63, 3.8) is 0 Å². The quantitative estimate of drug-likeness (QED) is 0.853. The number of carbonyl (C=O) groups is 1. The van der Waals surface area contributed by atoms with Crippen LogP contribution in [0.15, 0.2) is 18.2 Å². The molecule has 1 aromatic rings. The summed E-state index contributed by atoms with van der Waals surface area (Å²) in [6.07, 6.45) is -4.77. The summed E-state index contributed by atoms with van der Waals surface area (Å²) in [4.78, 5) is 11.4. The molecule has 0 spiro atoms. The Bertz CT molecular complexity index is 595. The Hall–Kier alpha value is -1.54. The summed E-state index contributed by atoms with van der Waals surface area (Å²) in [7, 11) is -1.17. The second-order valence-corrected chi connectivity index (χ2v) is 6.16. The third kappa shape index (κ3) is 2.72. The van der Waals surface area contributed by atoms with Gasteiger partial charge in [-0.1, -0.05) is 12.1 Å². The average molecular weight is 316 g/mol. The highest BCUT2D eigenvalue weighted by molar-refractivity contribution is 6.63. The number of halogens is 3. The van der Waals surface area contributed by atoms with Gasteiger partial charge in [0.1, 0.15) is 0 Å². The summed E-state index contributed by atoms with van der Waals surface area (Å²) in [6.45, 7) is 6.95. The van der Waals surface area contributed by atoms with Gasteiger partial charge in [-0.2, -0.15) is 13.2 Å². The third-order valence-electron chi connectivity index (χ3n) is 4.12. The van der Waals surface area contributed by atoms with E-state index < -0.39 is 41.6 Å². The standard InChI is InChI=1S/C14H16BF3O4/c1-12(2)13(3,4)22-15(21-12)9-7-5-6-8(14(16,17)18)10(9)11(19)20/h5-7H,1-4H3,(H,19,20). The molecule has 1 aromatic carbocycles. The van der Waals surface area contributed by atoms with Crippen molar-refractivity contribution >= 4 is 18.6 Å². The van der Waals surface area contributed by atoms with Crippen LogP contribution in [0, 0.1) is 0 Å². The van der Waals surface area contributed by atoms with E-state index in [-0.39, 0.29) is 5.46 Å². The Kier molecular flexibility index (Phi) is 3.82. The molecule has 0 radical (unpaired) electrons. The SMILES string of the molecule is CC1(C)OB(c2cccc(C(F)(F)F)c2C(=O)O)OC1(C)C. The molecule has 1 aliphatic heterocycles. The summed E-state index contributed by atoms with van der Waals surface area (Å²) in [5.41, 5.74) is -3.75. The van der Waals surface area contributed by atoms with Gasteiger partial charge in [0, 0.05) is 0 Å². The van der Waals surface area contributed by atoms with Crippen molar-refractivity contribution < 1.29 is 32.4 Å². The molecule has 0 atom stereocenters. The van der Waals surface area contributed by atoms with Gasteiger partial charge in [0.05, 0.1) is 22.3 Å². The van der Waals surface area contributed by atoms with Crippen molar-refractivity contribution in [2.24, 2.45) is 0 Å². The number of aromatic carboxylic acids is 1. The van der Waals surface area contributed by atoms with Crippen molar-refractivity contribution in [1.82, 2.24) is 0 Å². The van der Waals surface area contributed by atoms with Crippen LogP contribution in [0.5, 0.6) is 0 Å². The third-order valence-corrected chi connectivity index (χ3v) is 4.12. The van der Waals surface area contributed by atoms with Crippen LogP contribution < -0.4 is 5.46 Å². The Balaban J connectivity index is 2.56. The van der Waals surface area contributed by atoms with E-state index in [0.717, 1.165) is 12.1 Å². The first kappa shape index (κ1) is 16.8. The molecule has 2 rings (SSSR count). The molecule has 22 heavy (non-hydrogen) atoms. The molecule has 4 nitrogen and oxygen atoms in total. The van der Waals surface area contributed by atoms with E-state index in [4.69, 9.17) is 9.31 Å². The van der Waals surface area contributed by atoms with Crippen molar-refractivity contribution in [1.29, 1.82) is 0 Å². The molecule has 1 saturated heterocycles. The molecular weight excluding hydrogens is 300 g/mol. The van der Waals surface area contributed by atoms with E-state index in [1.807, 2.05) is 0 Å². The lowest BCUT2D eigenvalue weighted by Gasteiger charge is -2.32. The molecule has 120 valence electrons. The van der Waals surface area contributed by atoms with Gasteiger partial charge in [0.25, 0.3) is 0 Å². The molecule has 0 bridgehead atoms. The molecule has 8 heteroatoms. The maximum Gasteiger partial charge on any atom is 0.495 e. The maximum absolute atomic E-state index is 13.0. The van der Waals surface area contributed by atoms with Crippen LogP contribution >= 0.6 is 0 Å². The molecule has 0 aromatic heterocycles. The lowest BCUT2D eigenvalue weighted by molar-refractivity contribution is -0.138. The summed E-state index contributed by atoms with van der Waals surface area (Å²) < 4.78 is 50.4. The van der Waals surface area contributed by atoms with Gasteiger partial charge < -0.3 is 14.4 Å². The fourth-order valence-corrected chi connectivity index (χ4v) is 2.21. The van der Waals surface area contributed by atoms with Crippen LogP contribution in [0.2, 0.25) is 0 Å². The topological polar surface area (TPSA) is 55.8 Å². The van der Waals surface area contributed by atoms with Crippen molar-refractivity contribution in [2.45, 2.75) is 45.1 Å². The number of carboxylic acid groups (broad SMARTS) is 1. The second-order valence-electron chi connectivity index (χ2n) is 6.16. The monoisotopic (exact) mass is 316 g/mol. The summed E-state index contributed by atoms with van der Waals surface area (Å²) in [6, 6.07) is 3.16. The van der Waals surface area contributed by atoms with Crippen LogP contribution in [-0.2, 0) is 15.5 Å². The zero-order valence-corrected chi connectivity index (χ0v) is 12.6. The largest absolute Gasteiger partial charge is 0.495 e. The molecule has 0 saturated carbocycles. The molecule has 0 aliphatic carbocycles. The predicted octanol–water partition coefficient (Wildman–Crippen LogP) is 2.70. The van der Waals surface area contributed by atoms with E-state index in [0.29, 0.717) is 0 Å². The highest BCUT2D eigenvalue weighted by atomic mass is 19.4. The Morgan fingerprint density at radius 3 is 2.05 bits per heavy atom. The zero-order chi connectivity index (χ0) is 16.9. The van der Waals surface area contributed by atoms with E-state index in [9.17, 15) is 23.1 Å². The van der Waals surface area contributed by atoms with Crippen LogP contribution in [0.4, 0.5) is 13.2 Å². The normalized spacial score (nSPS) is 20.2. The van der Waals surface area contributed by atoms with Gasteiger partial charge in [-0.3, -0.25) is 0 Å². The fraction of sp³-hybridized carbons (Fsp3) is 0.500. The highest BCUT2D eigenvalue weighted by Gasteiger charge is 2.53. The lowest BCUT2D eigenvalue weighted by atomic mass is 9.74. The van der Waals surface area contributed by atoms with Crippen molar-refractivity contribution in [3.05, 3.63) is 29.3 Å². The number of benzene rings is 1. The van der Waals surface area contributed by atoms with Gasteiger partial charge in [0.15, 0.2) is 0 Å². The number of hydrogen-bond donors (Lipinski definition) is 1. The number of hydrogen-bond acceptors (Lipinski definition) is 3. The Morgan fingerprint density at radius 1 is 1.14 bits per heavy atom. The lowest BCUT2D eigenvalue weighted by Crippen LogP contribution is -2.41. The summed E-state index contributed by atoms with van der Waals surface area (Å²) >= 11 is 0. The highest BCUT2D eigenvalue weighted by Crippen LogP contribution is 2.38. The van der Waals surface area contributed by atoms with Crippen molar-refractivity contribution in [3.8, 4) is 0 Å². The first-order valence-electron chi connectivity index (χ1n) is 6.66. The van der Waals surface area contributed by atoms with Crippen LogP contribution in [0.1, 0.15) is 43.6 Å². The first-order valence-corrected chi connectivity index (χ1v) is 6.66. The summed E-state index contributed by atoms with van der Waals surface area (Å²) in [5.74, 6) is -1.67. The molecule has 1 fully saturated rings. The zero-order valence-electron chi connectivity index (χ0n) is 12.6. The Labute approximate surface area is 126 Å². The number of rotatable bonds is 2. The van der Waals surface area contributed by atoms with E-state index in [1.54, 1.807) is 27.7 Å². The second kappa shape index (κ2) is 4.99. The summed E-state index contributed by atoms with van der Waals surface area (Å²) in [5, 5.41) is 9.22. The first-order chi connectivity index (χ1) is 9.87. The maximum atomic E-state index is 13.0. The van der Waals surface area contributed by atoms with E-state index >= 15 is 0 Å². The molecule has 0 amide bonds. The molecule has 1 aliphatic rings. The predicted molar refractivity (Wildman–Crippen MR) is 74.1 cm³/mol. The smallest absolute Gasteiger partial charge is 0.478 e. The average Bonchev–Trinajstić information content (AvgIpc) is 2.56. The molecular formula is C14H16BF3O4. The van der Waals surface area contributed by atoms with E-state index in [1.165, 1.54) is 6.07 Å². The fourth-order valence-electron chi connectivity index (χ4n) is 2.21. The van der Waals surface area contributed by atoms with Crippen LogP contribution in [0.3, 0.4) is 0 Å². The minimum Gasteiger partial charge on any atom is -0.478 e. The van der Waals surface area contributed by atoms with Gasteiger partial charge in [-0.05, 0) is 39.2 Å². The molecule has 1 heterocycles. The Morgan fingerprint density at radius 2 is 1.64 bits per heavy atom. The number of alkyl halides is 3. The number of carboxylic acids is 1. The van der Waals surface area contributed by atoms with Gasteiger partial charge in [0.2, 0.25) is 0 Å². The van der Waals surface area contributed by atoms with E-state index in [2.05, 4.69) is 0 Å². The van der Waals surface area contributed by atoms with Crippen molar-refractivity contribution in [2.75, 3.05) is 0 Å². The van der Waals surface area contributed by atoms with Crippen LogP contribution in [0.25, 0.3) is 0 Å². The van der Waals surface area contributed by atoms with Gasteiger partial charge in [-0.15, -0.1) is 0 Å². The van der Waals surface area contributed by atoms with Gasteiger partial charge in [-0.25, -0.2) is 4.79 Å². The molecule has 1 N–H and O–H groups in total. The van der Waals surface area contributed by atoms with Gasteiger partial charge >= 0.3 is 19.3 Å². The minimum atomic E-state index is -4.77.